The minimum absolute atomic E-state index is 0.120. The largest absolute Gasteiger partial charge is 0.339 e. The summed E-state index contributed by atoms with van der Waals surface area (Å²) >= 11 is 0. The van der Waals surface area contributed by atoms with Crippen LogP contribution in [0, 0.1) is 5.92 Å². The van der Waals surface area contributed by atoms with Crippen molar-refractivity contribution in [3.05, 3.63) is 41.8 Å². The molecule has 0 radical (unpaired) electrons. The third-order valence-corrected chi connectivity index (χ3v) is 2.93. The molecule has 2 rings (SSSR count). The van der Waals surface area contributed by atoms with E-state index in [-0.39, 0.29) is 5.92 Å². The van der Waals surface area contributed by atoms with Crippen LogP contribution in [0.25, 0.3) is 0 Å². The molecule has 0 saturated carbocycles. The van der Waals surface area contributed by atoms with Crippen LogP contribution in [0.5, 0.6) is 0 Å². The van der Waals surface area contributed by atoms with E-state index in [9.17, 15) is 0 Å². The fourth-order valence-electron chi connectivity index (χ4n) is 1.81. The summed E-state index contributed by atoms with van der Waals surface area (Å²) in [5, 5.41) is 3.98. The molecule has 1 unspecified atom stereocenters. The molecule has 18 heavy (non-hydrogen) atoms. The first kappa shape index (κ1) is 12.7. The van der Waals surface area contributed by atoms with Crippen LogP contribution < -0.4 is 5.73 Å². The van der Waals surface area contributed by atoms with Gasteiger partial charge in [0.1, 0.15) is 0 Å². The lowest BCUT2D eigenvalue weighted by atomic mass is 9.96. The zero-order chi connectivity index (χ0) is 13.0. The van der Waals surface area contributed by atoms with Gasteiger partial charge in [0, 0.05) is 18.4 Å². The van der Waals surface area contributed by atoms with Crippen molar-refractivity contribution < 1.29 is 4.52 Å². The lowest BCUT2D eigenvalue weighted by molar-refractivity contribution is 0.322. The Morgan fingerprint density at radius 1 is 1.33 bits per heavy atom. The van der Waals surface area contributed by atoms with Crippen molar-refractivity contribution in [3.8, 4) is 0 Å². The van der Waals surface area contributed by atoms with E-state index in [0.29, 0.717) is 30.6 Å². The van der Waals surface area contributed by atoms with Gasteiger partial charge in [0.05, 0.1) is 12.3 Å². The van der Waals surface area contributed by atoms with E-state index in [1.165, 1.54) is 0 Å². The van der Waals surface area contributed by atoms with E-state index >= 15 is 0 Å². The quantitative estimate of drug-likeness (QED) is 0.869. The molecule has 96 valence electrons. The van der Waals surface area contributed by atoms with Crippen molar-refractivity contribution in [1.82, 2.24) is 15.1 Å². The van der Waals surface area contributed by atoms with Gasteiger partial charge in [-0.2, -0.15) is 4.98 Å². The Morgan fingerprint density at radius 3 is 2.78 bits per heavy atom. The molecule has 2 heterocycles. The van der Waals surface area contributed by atoms with Gasteiger partial charge in [-0.25, -0.2) is 0 Å². The van der Waals surface area contributed by atoms with Gasteiger partial charge < -0.3 is 10.3 Å². The molecule has 0 aliphatic rings. The van der Waals surface area contributed by atoms with Gasteiger partial charge in [-0.3, -0.25) is 4.98 Å². The van der Waals surface area contributed by atoms with Crippen LogP contribution in [0.1, 0.15) is 37.2 Å². The SMILES string of the molecule is CC(C)C(CN)c1nc(Cc2ccccn2)no1. The van der Waals surface area contributed by atoms with Crippen LogP contribution in [-0.4, -0.2) is 21.7 Å². The van der Waals surface area contributed by atoms with E-state index in [0.717, 1.165) is 5.69 Å². The number of nitrogens with two attached hydrogens (primary N) is 1. The van der Waals surface area contributed by atoms with E-state index in [1.54, 1.807) is 6.20 Å². The maximum absolute atomic E-state index is 5.73. The zero-order valence-electron chi connectivity index (χ0n) is 10.7. The number of hydrogen-bond donors (Lipinski definition) is 1. The second kappa shape index (κ2) is 5.73. The van der Waals surface area contributed by atoms with Crippen LogP contribution >= 0.6 is 0 Å². The first-order valence-electron chi connectivity index (χ1n) is 6.13. The van der Waals surface area contributed by atoms with Gasteiger partial charge in [0.25, 0.3) is 0 Å². The van der Waals surface area contributed by atoms with Crippen LogP contribution in [0.3, 0.4) is 0 Å². The lowest BCUT2D eigenvalue weighted by Crippen LogP contribution is -2.18. The molecule has 0 fully saturated rings. The summed E-state index contributed by atoms with van der Waals surface area (Å²) < 4.78 is 5.28. The summed E-state index contributed by atoms with van der Waals surface area (Å²) in [5.41, 5.74) is 6.66. The molecule has 1 atom stereocenters. The Hall–Kier alpha value is -1.75. The maximum atomic E-state index is 5.73. The molecule has 0 amide bonds. The molecule has 2 aromatic rings. The monoisotopic (exact) mass is 246 g/mol. The highest BCUT2D eigenvalue weighted by Gasteiger charge is 2.21. The lowest BCUT2D eigenvalue weighted by Gasteiger charge is -2.13. The number of rotatable bonds is 5. The molecule has 5 heteroatoms. The van der Waals surface area contributed by atoms with Crippen molar-refractivity contribution in [2.45, 2.75) is 26.2 Å². The summed E-state index contributed by atoms with van der Waals surface area (Å²) in [7, 11) is 0. The summed E-state index contributed by atoms with van der Waals surface area (Å²) in [6.07, 6.45) is 2.34. The minimum Gasteiger partial charge on any atom is -0.339 e. The molecule has 5 nitrogen and oxygen atoms in total. The van der Waals surface area contributed by atoms with Gasteiger partial charge in [-0.05, 0) is 18.1 Å². The standard InChI is InChI=1S/C13H18N4O/c1-9(2)11(8-14)13-16-12(17-18-13)7-10-5-3-4-6-15-10/h3-6,9,11H,7-8,14H2,1-2H3. The van der Waals surface area contributed by atoms with Crippen molar-refractivity contribution in [2.75, 3.05) is 6.54 Å². The van der Waals surface area contributed by atoms with Crippen LogP contribution in [-0.2, 0) is 6.42 Å². The molecule has 0 aromatic carbocycles. The molecule has 0 aliphatic heterocycles. The van der Waals surface area contributed by atoms with Crippen LogP contribution in [0.4, 0.5) is 0 Å². The predicted octanol–water partition coefficient (Wildman–Crippen LogP) is 1.75. The summed E-state index contributed by atoms with van der Waals surface area (Å²) in [6.45, 7) is 4.71. The summed E-state index contributed by atoms with van der Waals surface area (Å²) in [5.74, 6) is 1.79. The van der Waals surface area contributed by atoms with E-state index in [4.69, 9.17) is 10.3 Å². The Kier molecular flexibility index (Phi) is 4.04. The minimum atomic E-state index is 0.120. The first-order valence-corrected chi connectivity index (χ1v) is 6.13. The van der Waals surface area contributed by atoms with Gasteiger partial charge >= 0.3 is 0 Å². The van der Waals surface area contributed by atoms with E-state index in [1.807, 2.05) is 18.2 Å². The number of pyridine rings is 1. The Morgan fingerprint density at radius 2 is 2.17 bits per heavy atom. The molecule has 0 spiro atoms. The fourth-order valence-corrected chi connectivity index (χ4v) is 1.81. The van der Waals surface area contributed by atoms with E-state index < -0.39 is 0 Å². The third-order valence-electron chi connectivity index (χ3n) is 2.93. The highest BCUT2D eigenvalue weighted by molar-refractivity contribution is 5.09. The van der Waals surface area contributed by atoms with Crippen LogP contribution in [0.2, 0.25) is 0 Å². The van der Waals surface area contributed by atoms with Crippen molar-refractivity contribution in [2.24, 2.45) is 11.7 Å². The van der Waals surface area contributed by atoms with E-state index in [2.05, 4.69) is 29.0 Å². The van der Waals surface area contributed by atoms with Crippen molar-refractivity contribution in [1.29, 1.82) is 0 Å². The topological polar surface area (TPSA) is 77.8 Å². The molecular formula is C13H18N4O. The van der Waals surface area contributed by atoms with Crippen molar-refractivity contribution in [3.63, 3.8) is 0 Å². The van der Waals surface area contributed by atoms with Gasteiger partial charge in [-0.15, -0.1) is 0 Å². The number of hydrogen-bond acceptors (Lipinski definition) is 5. The van der Waals surface area contributed by atoms with Gasteiger partial charge in [-0.1, -0.05) is 25.1 Å². The Bertz CT molecular complexity index is 481. The average molecular weight is 246 g/mol. The predicted molar refractivity (Wildman–Crippen MR) is 68.0 cm³/mol. The van der Waals surface area contributed by atoms with Gasteiger partial charge in [0.2, 0.25) is 5.89 Å². The Balaban J connectivity index is 2.11. The number of nitrogens with zero attached hydrogens (tertiary/aromatic N) is 3. The molecule has 2 aromatic heterocycles. The highest BCUT2D eigenvalue weighted by Crippen LogP contribution is 2.21. The summed E-state index contributed by atoms with van der Waals surface area (Å²) in [6, 6.07) is 5.77. The molecule has 0 bridgehead atoms. The molecule has 0 saturated heterocycles. The average Bonchev–Trinajstić information content (AvgIpc) is 2.79. The normalized spacial score (nSPS) is 12.9. The van der Waals surface area contributed by atoms with Crippen molar-refractivity contribution >= 4 is 0 Å². The molecule has 2 N–H and O–H groups in total. The fraction of sp³-hybridized carbons (Fsp3) is 0.462. The van der Waals surface area contributed by atoms with Crippen LogP contribution in [0.15, 0.2) is 28.9 Å². The maximum Gasteiger partial charge on any atom is 0.231 e. The Labute approximate surface area is 106 Å². The second-order valence-corrected chi connectivity index (χ2v) is 4.63. The second-order valence-electron chi connectivity index (χ2n) is 4.63. The zero-order valence-corrected chi connectivity index (χ0v) is 10.7. The molecule has 0 aliphatic carbocycles. The van der Waals surface area contributed by atoms with Gasteiger partial charge in [0.15, 0.2) is 5.82 Å². The highest BCUT2D eigenvalue weighted by atomic mass is 16.5. The summed E-state index contributed by atoms with van der Waals surface area (Å²) in [4.78, 5) is 8.64. The third kappa shape index (κ3) is 2.92. The smallest absolute Gasteiger partial charge is 0.231 e. The number of aromatic nitrogens is 3. The molecular weight excluding hydrogens is 228 g/mol. The first-order chi connectivity index (χ1) is 8.70.